The molecular weight excluding hydrogens is 296 g/mol. The topological polar surface area (TPSA) is 118 Å². The first-order valence-electron chi connectivity index (χ1n) is 6.06. The number of nitro groups is 1. The van der Waals surface area contributed by atoms with E-state index in [0.717, 1.165) is 28.6 Å². The molecule has 2 aromatic heterocycles. The number of hydrogen-bond acceptors (Lipinski definition) is 7. The summed E-state index contributed by atoms with van der Waals surface area (Å²) in [4.78, 5) is 30.2. The highest BCUT2D eigenvalue weighted by Gasteiger charge is 2.21. The summed E-state index contributed by atoms with van der Waals surface area (Å²) in [6.07, 6.45) is 3.62. The van der Waals surface area contributed by atoms with Crippen molar-refractivity contribution in [2.45, 2.75) is 19.9 Å². The summed E-state index contributed by atoms with van der Waals surface area (Å²) in [5, 5.41) is 23.5. The van der Waals surface area contributed by atoms with Crippen LogP contribution in [0.15, 0.2) is 18.5 Å². The molecule has 0 radical (unpaired) electrons. The third-order valence-electron chi connectivity index (χ3n) is 2.68. The lowest BCUT2D eigenvalue weighted by atomic mass is 10.2. The molecule has 0 atom stereocenters. The lowest BCUT2D eigenvalue weighted by molar-refractivity contribution is -0.385. The maximum Gasteiger partial charge on any atom is 0.342 e. The average molecular weight is 308 g/mol. The van der Waals surface area contributed by atoms with E-state index in [9.17, 15) is 14.9 Å². The molecule has 110 valence electrons. The van der Waals surface area contributed by atoms with Crippen molar-refractivity contribution >= 4 is 28.8 Å². The van der Waals surface area contributed by atoms with Gasteiger partial charge in [0, 0.05) is 17.1 Å². The van der Waals surface area contributed by atoms with Gasteiger partial charge in [0.05, 0.1) is 11.5 Å². The van der Waals surface area contributed by atoms with Crippen LogP contribution in [0.1, 0.15) is 27.2 Å². The summed E-state index contributed by atoms with van der Waals surface area (Å²) < 4.78 is 0. The second-order valence-electron chi connectivity index (χ2n) is 4.08. The monoisotopic (exact) mass is 308 g/mol. The summed E-state index contributed by atoms with van der Waals surface area (Å²) in [6.45, 7) is 2.41. The van der Waals surface area contributed by atoms with Gasteiger partial charge in [-0.15, -0.1) is 11.3 Å². The molecule has 0 saturated carbocycles. The Balaban J connectivity index is 2.15. The molecule has 0 fully saturated rings. The third-order valence-corrected chi connectivity index (χ3v) is 3.82. The van der Waals surface area contributed by atoms with Crippen LogP contribution in [0.5, 0.6) is 0 Å². The van der Waals surface area contributed by atoms with Crippen LogP contribution in [-0.2, 0) is 13.0 Å². The van der Waals surface area contributed by atoms with Gasteiger partial charge in [-0.2, -0.15) is 0 Å². The number of rotatable bonds is 6. The van der Waals surface area contributed by atoms with E-state index in [0.29, 0.717) is 6.54 Å². The molecule has 2 N–H and O–H groups in total. The number of pyridine rings is 1. The first kappa shape index (κ1) is 14.9. The van der Waals surface area contributed by atoms with Crippen LogP contribution in [0, 0.1) is 10.1 Å². The summed E-state index contributed by atoms with van der Waals surface area (Å²) in [7, 11) is 0. The molecule has 0 bridgehead atoms. The molecule has 2 heterocycles. The third kappa shape index (κ3) is 3.51. The fourth-order valence-electron chi connectivity index (χ4n) is 1.62. The van der Waals surface area contributed by atoms with Gasteiger partial charge < -0.3 is 10.4 Å². The molecule has 2 rings (SSSR count). The maximum atomic E-state index is 11.0. The van der Waals surface area contributed by atoms with E-state index < -0.39 is 22.1 Å². The summed E-state index contributed by atoms with van der Waals surface area (Å²) in [6, 6.07) is 1.15. The second-order valence-corrected chi connectivity index (χ2v) is 5.28. The van der Waals surface area contributed by atoms with Gasteiger partial charge in [0.1, 0.15) is 22.6 Å². The van der Waals surface area contributed by atoms with Gasteiger partial charge in [0.2, 0.25) is 0 Å². The molecular formula is C12H12N4O4S. The quantitative estimate of drug-likeness (QED) is 0.621. The fraction of sp³-hybridized carbons (Fsp3) is 0.250. The summed E-state index contributed by atoms with van der Waals surface area (Å²) in [5.74, 6) is -1.11. The lowest BCUT2D eigenvalue weighted by Crippen LogP contribution is -2.07. The van der Waals surface area contributed by atoms with Gasteiger partial charge in [-0.05, 0) is 6.42 Å². The highest BCUT2D eigenvalue weighted by molar-refractivity contribution is 7.11. The minimum Gasteiger partial charge on any atom is -0.477 e. The highest BCUT2D eigenvalue weighted by Crippen LogP contribution is 2.21. The van der Waals surface area contributed by atoms with E-state index >= 15 is 0 Å². The van der Waals surface area contributed by atoms with Crippen LogP contribution in [0.4, 0.5) is 11.5 Å². The number of thiazole rings is 1. The Morgan fingerprint density at radius 3 is 2.81 bits per heavy atom. The number of nitrogens with zero attached hydrogens (tertiary/aromatic N) is 3. The van der Waals surface area contributed by atoms with Gasteiger partial charge in [-0.1, -0.05) is 6.92 Å². The zero-order chi connectivity index (χ0) is 15.4. The summed E-state index contributed by atoms with van der Waals surface area (Å²) in [5.41, 5.74) is -0.929. The van der Waals surface area contributed by atoms with Gasteiger partial charge in [-0.3, -0.25) is 10.1 Å². The van der Waals surface area contributed by atoms with Crippen molar-refractivity contribution in [3.8, 4) is 0 Å². The Kier molecular flexibility index (Phi) is 4.43. The normalized spacial score (nSPS) is 10.3. The van der Waals surface area contributed by atoms with E-state index in [1.165, 1.54) is 0 Å². The first-order chi connectivity index (χ1) is 10.0. The number of carboxylic acid groups (broad SMARTS) is 1. The number of hydrogen-bond donors (Lipinski definition) is 2. The van der Waals surface area contributed by atoms with Crippen LogP contribution in [0.2, 0.25) is 0 Å². The second kappa shape index (κ2) is 6.27. The van der Waals surface area contributed by atoms with Crippen LogP contribution in [-0.4, -0.2) is 26.0 Å². The van der Waals surface area contributed by atoms with Gasteiger partial charge >= 0.3 is 11.7 Å². The summed E-state index contributed by atoms with van der Waals surface area (Å²) >= 11 is 1.54. The van der Waals surface area contributed by atoms with Crippen LogP contribution >= 0.6 is 11.3 Å². The van der Waals surface area contributed by atoms with E-state index in [-0.39, 0.29) is 5.82 Å². The molecule has 0 unspecified atom stereocenters. The van der Waals surface area contributed by atoms with E-state index in [2.05, 4.69) is 15.3 Å². The van der Waals surface area contributed by atoms with Crippen molar-refractivity contribution in [1.29, 1.82) is 0 Å². The number of carboxylic acids is 1. The molecule has 2 aromatic rings. The standard InChI is InChI=1S/C12H12N4O4S/c1-2-7-4-15-11(21-7)6-14-10-3-8(12(17)18)9(5-13-10)16(19)20/h3-5H,2,6H2,1H3,(H,13,14)(H,17,18). The largest absolute Gasteiger partial charge is 0.477 e. The van der Waals surface area contributed by atoms with E-state index in [1.807, 2.05) is 6.92 Å². The molecule has 0 spiro atoms. The van der Waals surface area contributed by atoms with Crippen molar-refractivity contribution < 1.29 is 14.8 Å². The molecule has 0 amide bonds. The van der Waals surface area contributed by atoms with Crippen molar-refractivity contribution in [1.82, 2.24) is 9.97 Å². The zero-order valence-electron chi connectivity index (χ0n) is 11.1. The Morgan fingerprint density at radius 2 is 2.24 bits per heavy atom. The average Bonchev–Trinajstić information content (AvgIpc) is 2.92. The Labute approximate surface area is 123 Å². The Morgan fingerprint density at radius 1 is 1.48 bits per heavy atom. The first-order valence-corrected chi connectivity index (χ1v) is 6.88. The molecule has 8 nitrogen and oxygen atoms in total. The van der Waals surface area contributed by atoms with Crippen molar-refractivity contribution in [3.63, 3.8) is 0 Å². The number of aryl methyl sites for hydroxylation is 1. The van der Waals surface area contributed by atoms with Gasteiger partial charge in [0.25, 0.3) is 0 Å². The van der Waals surface area contributed by atoms with E-state index in [4.69, 9.17) is 5.11 Å². The Bertz CT molecular complexity index is 686. The van der Waals surface area contributed by atoms with Crippen molar-refractivity contribution in [3.05, 3.63) is 44.0 Å². The SMILES string of the molecule is CCc1cnc(CNc2cc(C(=O)O)c([N+](=O)[O-])cn2)s1. The molecule has 21 heavy (non-hydrogen) atoms. The van der Waals surface area contributed by atoms with Gasteiger partial charge in [-0.25, -0.2) is 14.8 Å². The molecule has 0 aromatic carbocycles. The maximum absolute atomic E-state index is 11.0. The molecule has 0 aliphatic heterocycles. The number of nitrogens with one attached hydrogen (secondary N) is 1. The van der Waals surface area contributed by atoms with Crippen LogP contribution in [0.3, 0.4) is 0 Å². The Hall–Kier alpha value is -2.55. The zero-order valence-corrected chi connectivity index (χ0v) is 11.9. The fourth-order valence-corrected chi connectivity index (χ4v) is 2.42. The smallest absolute Gasteiger partial charge is 0.342 e. The van der Waals surface area contributed by atoms with E-state index in [1.54, 1.807) is 17.5 Å². The van der Waals surface area contributed by atoms with Crippen molar-refractivity contribution in [2.75, 3.05) is 5.32 Å². The highest BCUT2D eigenvalue weighted by atomic mass is 32.1. The predicted molar refractivity (Wildman–Crippen MR) is 76.7 cm³/mol. The molecule has 9 heteroatoms. The number of carbonyl (C=O) groups is 1. The minimum absolute atomic E-state index is 0.256. The molecule has 0 aliphatic carbocycles. The number of anilines is 1. The molecule has 0 saturated heterocycles. The number of aromatic carboxylic acids is 1. The number of aromatic nitrogens is 2. The molecule has 0 aliphatic rings. The minimum atomic E-state index is -1.37. The van der Waals surface area contributed by atoms with Gasteiger partial charge in [0.15, 0.2) is 0 Å². The van der Waals surface area contributed by atoms with Crippen LogP contribution < -0.4 is 5.32 Å². The lowest BCUT2D eigenvalue weighted by Gasteiger charge is -2.04. The van der Waals surface area contributed by atoms with Crippen molar-refractivity contribution in [2.24, 2.45) is 0 Å². The van der Waals surface area contributed by atoms with Crippen LogP contribution in [0.25, 0.3) is 0 Å². The predicted octanol–water partition coefficient (Wildman–Crippen LogP) is 2.32.